The summed E-state index contributed by atoms with van der Waals surface area (Å²) < 4.78 is 37.4. The number of hydrogen-bond acceptors (Lipinski definition) is 8. The number of nitro benzene ring substituents is 1. The Labute approximate surface area is 165 Å². The number of nitro groups is 1. The molecule has 0 bridgehead atoms. The Morgan fingerprint density at radius 3 is 2.66 bits per heavy atom. The second-order valence-electron chi connectivity index (χ2n) is 6.03. The fourth-order valence-corrected chi connectivity index (χ4v) is 3.60. The molecule has 0 radical (unpaired) electrons. The summed E-state index contributed by atoms with van der Waals surface area (Å²) in [5.41, 5.74) is -0.380. The minimum atomic E-state index is -4.20. The Balaban J connectivity index is 1.73. The molecule has 1 aliphatic heterocycles. The van der Waals surface area contributed by atoms with Crippen molar-refractivity contribution in [3.8, 4) is 11.5 Å². The van der Waals surface area contributed by atoms with Crippen molar-refractivity contribution in [1.29, 1.82) is 0 Å². The van der Waals surface area contributed by atoms with Gasteiger partial charge < -0.3 is 19.9 Å². The molecule has 11 nitrogen and oxygen atoms in total. The monoisotopic (exact) mass is 423 g/mol. The summed E-state index contributed by atoms with van der Waals surface area (Å²) in [6.07, 6.45) is -0.412. The Bertz CT molecular complexity index is 1040. The maximum absolute atomic E-state index is 12.1. The van der Waals surface area contributed by atoms with Gasteiger partial charge in [0.15, 0.2) is 11.5 Å². The first kappa shape index (κ1) is 20.4. The molecule has 0 saturated carbocycles. The second-order valence-corrected chi connectivity index (χ2v) is 7.80. The van der Waals surface area contributed by atoms with E-state index in [1.54, 1.807) is 18.2 Å². The van der Waals surface area contributed by atoms with Crippen molar-refractivity contribution in [1.82, 2.24) is 4.72 Å². The number of benzene rings is 2. The standard InChI is InChI=1S/C17H17N3O8S/c21-17(22)9-19-29(25,26)12-5-6-13(14(7-12)20(23)24)18-8-11-10-27-15-3-1-2-4-16(15)28-11/h1-7,11,18-19H,8-10H2,(H,21,22)/t11-/m0/s1. The number of aliphatic carboxylic acids is 1. The van der Waals surface area contributed by atoms with Crippen LogP contribution < -0.4 is 19.5 Å². The number of ether oxygens (including phenoxy) is 2. The van der Waals surface area contributed by atoms with E-state index in [-0.39, 0.29) is 18.8 Å². The average Bonchev–Trinajstić information content (AvgIpc) is 2.70. The number of para-hydroxylation sites is 2. The van der Waals surface area contributed by atoms with Gasteiger partial charge in [-0.3, -0.25) is 14.9 Å². The zero-order valence-electron chi connectivity index (χ0n) is 14.9. The van der Waals surface area contributed by atoms with Crippen LogP contribution in [0.1, 0.15) is 0 Å². The van der Waals surface area contributed by atoms with Crippen LogP contribution in [0, 0.1) is 10.1 Å². The summed E-state index contributed by atoms with van der Waals surface area (Å²) in [6.45, 7) is -0.418. The van der Waals surface area contributed by atoms with Crippen LogP contribution in [-0.4, -0.2) is 50.2 Å². The number of hydrogen-bond donors (Lipinski definition) is 3. The Morgan fingerprint density at radius 2 is 1.97 bits per heavy atom. The first-order chi connectivity index (χ1) is 13.8. The van der Waals surface area contributed by atoms with Crippen LogP contribution in [0.2, 0.25) is 0 Å². The van der Waals surface area contributed by atoms with Crippen molar-refractivity contribution in [3.05, 3.63) is 52.6 Å². The maximum Gasteiger partial charge on any atom is 0.318 e. The first-order valence-corrected chi connectivity index (χ1v) is 9.87. The molecule has 29 heavy (non-hydrogen) atoms. The molecule has 1 heterocycles. The third-order valence-electron chi connectivity index (χ3n) is 3.98. The molecule has 1 aliphatic rings. The van der Waals surface area contributed by atoms with Crippen molar-refractivity contribution in [2.75, 3.05) is 25.0 Å². The van der Waals surface area contributed by atoms with E-state index in [0.717, 1.165) is 12.1 Å². The third kappa shape index (κ3) is 4.92. The van der Waals surface area contributed by atoms with Crippen LogP contribution in [0.4, 0.5) is 11.4 Å². The Morgan fingerprint density at radius 1 is 1.24 bits per heavy atom. The van der Waals surface area contributed by atoms with Gasteiger partial charge in [-0.05, 0) is 24.3 Å². The molecule has 2 aromatic carbocycles. The fourth-order valence-electron chi connectivity index (χ4n) is 2.61. The molecule has 0 fully saturated rings. The number of nitrogens with zero attached hydrogens (tertiary/aromatic N) is 1. The number of rotatable bonds is 8. The number of nitrogens with one attached hydrogen (secondary N) is 2. The highest BCUT2D eigenvalue weighted by Gasteiger charge is 2.24. The van der Waals surface area contributed by atoms with E-state index in [1.165, 1.54) is 6.07 Å². The van der Waals surface area contributed by atoms with Gasteiger partial charge in [0.1, 0.15) is 24.9 Å². The molecule has 0 aromatic heterocycles. The molecule has 3 N–H and O–H groups in total. The van der Waals surface area contributed by atoms with E-state index in [0.29, 0.717) is 11.5 Å². The Hall–Kier alpha value is -3.38. The van der Waals surface area contributed by atoms with Crippen LogP contribution in [0.3, 0.4) is 0 Å². The maximum atomic E-state index is 12.1. The smallest absolute Gasteiger partial charge is 0.318 e. The molecule has 0 unspecified atom stereocenters. The lowest BCUT2D eigenvalue weighted by molar-refractivity contribution is -0.384. The normalized spacial score (nSPS) is 15.5. The summed E-state index contributed by atoms with van der Waals surface area (Å²) >= 11 is 0. The number of carboxylic acids is 1. The van der Waals surface area contributed by atoms with Gasteiger partial charge in [0.05, 0.1) is 16.4 Å². The number of anilines is 1. The van der Waals surface area contributed by atoms with E-state index in [9.17, 15) is 23.3 Å². The quantitative estimate of drug-likeness (QED) is 0.419. The lowest BCUT2D eigenvalue weighted by atomic mass is 10.2. The molecule has 0 aliphatic carbocycles. The lowest BCUT2D eigenvalue weighted by Crippen LogP contribution is -2.35. The topological polar surface area (TPSA) is 157 Å². The van der Waals surface area contributed by atoms with Gasteiger partial charge in [-0.15, -0.1) is 0 Å². The lowest BCUT2D eigenvalue weighted by Gasteiger charge is -2.26. The molecular weight excluding hydrogens is 406 g/mol. The molecule has 0 amide bonds. The molecule has 154 valence electrons. The van der Waals surface area contributed by atoms with Gasteiger partial charge in [-0.2, -0.15) is 4.72 Å². The van der Waals surface area contributed by atoms with Crippen molar-refractivity contribution in [3.63, 3.8) is 0 Å². The average molecular weight is 423 g/mol. The highest BCUT2D eigenvalue weighted by atomic mass is 32.2. The number of carboxylic acid groups (broad SMARTS) is 1. The predicted octanol–water partition coefficient (Wildman–Crippen LogP) is 1.21. The van der Waals surface area contributed by atoms with Gasteiger partial charge in [0, 0.05) is 6.07 Å². The fraction of sp³-hybridized carbons (Fsp3) is 0.235. The van der Waals surface area contributed by atoms with Crippen LogP contribution in [0.15, 0.2) is 47.4 Å². The molecule has 3 rings (SSSR count). The van der Waals surface area contributed by atoms with Gasteiger partial charge in [0.2, 0.25) is 10.0 Å². The van der Waals surface area contributed by atoms with Gasteiger partial charge in [-0.1, -0.05) is 12.1 Å². The predicted molar refractivity (Wildman–Crippen MR) is 101 cm³/mol. The number of carbonyl (C=O) groups is 1. The molecule has 2 aromatic rings. The highest BCUT2D eigenvalue weighted by Crippen LogP contribution is 2.32. The Kier molecular flexibility index (Phi) is 5.84. The second kappa shape index (κ2) is 8.32. The van der Waals surface area contributed by atoms with Crippen molar-refractivity contribution in [2.24, 2.45) is 0 Å². The molecule has 0 spiro atoms. The van der Waals surface area contributed by atoms with Crippen molar-refractivity contribution in [2.45, 2.75) is 11.0 Å². The molecular formula is C17H17N3O8S. The van der Waals surface area contributed by atoms with E-state index >= 15 is 0 Å². The zero-order chi connectivity index (χ0) is 21.0. The summed E-state index contributed by atoms with van der Waals surface area (Å²) in [6, 6.07) is 10.4. The largest absolute Gasteiger partial charge is 0.486 e. The van der Waals surface area contributed by atoms with Crippen LogP contribution in [0.5, 0.6) is 11.5 Å². The van der Waals surface area contributed by atoms with Crippen molar-refractivity contribution >= 4 is 27.4 Å². The van der Waals surface area contributed by atoms with Crippen molar-refractivity contribution < 1.29 is 32.7 Å². The summed E-state index contributed by atoms with van der Waals surface area (Å²) in [4.78, 5) is 20.8. The highest BCUT2D eigenvalue weighted by molar-refractivity contribution is 7.89. The minimum Gasteiger partial charge on any atom is -0.486 e. The van der Waals surface area contributed by atoms with E-state index < -0.39 is 44.1 Å². The van der Waals surface area contributed by atoms with Crippen LogP contribution >= 0.6 is 0 Å². The van der Waals surface area contributed by atoms with E-state index in [1.807, 2.05) is 10.8 Å². The molecule has 1 atom stereocenters. The van der Waals surface area contributed by atoms with E-state index in [4.69, 9.17) is 14.6 Å². The van der Waals surface area contributed by atoms with Gasteiger partial charge >= 0.3 is 5.97 Å². The molecule has 12 heteroatoms. The first-order valence-electron chi connectivity index (χ1n) is 8.38. The number of fused-ring (bicyclic) bond motifs is 1. The van der Waals surface area contributed by atoms with Gasteiger partial charge in [0.25, 0.3) is 5.69 Å². The zero-order valence-corrected chi connectivity index (χ0v) is 15.7. The summed E-state index contributed by atoms with van der Waals surface area (Å²) in [5, 5.41) is 22.8. The minimum absolute atomic E-state index is 0.0923. The molecule has 0 saturated heterocycles. The SMILES string of the molecule is O=C(O)CNS(=O)(=O)c1ccc(NC[C@H]2COc3ccccc3O2)c([N+](=O)[O-])c1. The summed E-state index contributed by atoms with van der Waals surface area (Å²) in [5.74, 6) is -0.207. The summed E-state index contributed by atoms with van der Waals surface area (Å²) in [7, 11) is -4.20. The number of sulfonamides is 1. The van der Waals surface area contributed by atoms with Crippen LogP contribution in [-0.2, 0) is 14.8 Å². The van der Waals surface area contributed by atoms with E-state index in [2.05, 4.69) is 5.32 Å². The van der Waals surface area contributed by atoms with Crippen LogP contribution in [0.25, 0.3) is 0 Å². The third-order valence-corrected chi connectivity index (χ3v) is 5.38. The van der Waals surface area contributed by atoms with Gasteiger partial charge in [-0.25, -0.2) is 8.42 Å².